The summed E-state index contributed by atoms with van der Waals surface area (Å²) in [6.07, 6.45) is 1.44. The predicted octanol–water partition coefficient (Wildman–Crippen LogP) is 2.27. The summed E-state index contributed by atoms with van der Waals surface area (Å²) in [5.41, 5.74) is 0.908. The van der Waals surface area contributed by atoms with Gasteiger partial charge in [0.15, 0.2) is 5.78 Å². The maximum atomic E-state index is 11.6. The van der Waals surface area contributed by atoms with Crippen molar-refractivity contribution in [2.75, 3.05) is 0 Å². The average molecular weight is 198 g/mol. The Labute approximate surface area is 84.8 Å². The van der Waals surface area contributed by atoms with Gasteiger partial charge in [0.05, 0.1) is 6.42 Å². The molecule has 0 amide bonds. The molecule has 1 N–H and O–H groups in total. The fraction of sp³-hybridized carbons (Fsp3) is 0.636. The highest BCUT2D eigenvalue weighted by molar-refractivity contribution is 5.94. The van der Waals surface area contributed by atoms with Gasteiger partial charge in [0.2, 0.25) is 0 Å². The van der Waals surface area contributed by atoms with Crippen LogP contribution in [0.4, 0.5) is 0 Å². The Morgan fingerprint density at radius 1 is 1.29 bits per heavy atom. The molecule has 0 aromatic rings. The molecule has 3 heteroatoms. The Morgan fingerprint density at radius 2 is 1.79 bits per heavy atom. The highest BCUT2D eigenvalue weighted by Gasteiger charge is 2.22. The van der Waals surface area contributed by atoms with Crippen LogP contribution < -0.4 is 0 Å². The summed E-state index contributed by atoms with van der Waals surface area (Å²) in [6.45, 7) is 7.39. The van der Waals surface area contributed by atoms with E-state index in [-0.39, 0.29) is 18.1 Å². The third-order valence-corrected chi connectivity index (χ3v) is 2.00. The molecule has 0 aromatic carbocycles. The lowest BCUT2D eigenvalue weighted by atomic mass is 9.88. The maximum Gasteiger partial charge on any atom is 0.304 e. The molecule has 0 spiro atoms. The van der Waals surface area contributed by atoms with Crippen molar-refractivity contribution in [1.29, 1.82) is 0 Å². The third-order valence-electron chi connectivity index (χ3n) is 2.00. The molecule has 3 nitrogen and oxygen atoms in total. The monoisotopic (exact) mass is 198 g/mol. The highest BCUT2D eigenvalue weighted by Crippen LogP contribution is 2.17. The number of carboxylic acids is 1. The van der Waals surface area contributed by atoms with Crippen LogP contribution in [0.25, 0.3) is 0 Å². The van der Waals surface area contributed by atoms with Crippen LogP contribution in [0.3, 0.4) is 0 Å². The minimum Gasteiger partial charge on any atom is -0.481 e. The summed E-state index contributed by atoms with van der Waals surface area (Å²) in [7, 11) is 0. The van der Waals surface area contributed by atoms with Crippen LogP contribution >= 0.6 is 0 Å². The number of carbonyl (C=O) groups is 2. The van der Waals surface area contributed by atoms with E-state index in [0.29, 0.717) is 0 Å². The van der Waals surface area contributed by atoms with Gasteiger partial charge >= 0.3 is 5.97 Å². The number of carbonyl (C=O) groups excluding carboxylic acids is 1. The molecule has 0 radical (unpaired) electrons. The van der Waals surface area contributed by atoms with Gasteiger partial charge in [-0.05, 0) is 25.8 Å². The summed E-state index contributed by atoms with van der Waals surface area (Å²) >= 11 is 0. The normalized spacial score (nSPS) is 12.4. The molecule has 0 bridgehead atoms. The average Bonchev–Trinajstić information content (AvgIpc) is 1.97. The van der Waals surface area contributed by atoms with Crippen LogP contribution in [0.2, 0.25) is 0 Å². The zero-order chi connectivity index (χ0) is 11.3. The van der Waals surface area contributed by atoms with E-state index in [1.807, 2.05) is 27.7 Å². The Hall–Kier alpha value is -1.12. The van der Waals surface area contributed by atoms with Crippen LogP contribution in [-0.4, -0.2) is 16.9 Å². The molecule has 1 atom stereocenters. The van der Waals surface area contributed by atoms with Crippen molar-refractivity contribution in [2.24, 2.45) is 11.8 Å². The minimum atomic E-state index is -0.917. The van der Waals surface area contributed by atoms with Gasteiger partial charge in [-0.3, -0.25) is 9.59 Å². The van der Waals surface area contributed by atoms with Crippen LogP contribution in [-0.2, 0) is 9.59 Å². The number of carboxylic acid groups (broad SMARTS) is 1. The van der Waals surface area contributed by atoms with Gasteiger partial charge in [0, 0.05) is 5.92 Å². The predicted molar refractivity (Wildman–Crippen MR) is 55.0 cm³/mol. The molecule has 0 aliphatic heterocycles. The quantitative estimate of drug-likeness (QED) is 0.689. The fourth-order valence-electron chi connectivity index (χ4n) is 1.24. The molecule has 0 aliphatic carbocycles. The number of aliphatic carboxylic acids is 1. The summed E-state index contributed by atoms with van der Waals surface area (Å²) in [4.78, 5) is 22.1. The Morgan fingerprint density at radius 3 is 2.07 bits per heavy atom. The summed E-state index contributed by atoms with van der Waals surface area (Å²) < 4.78 is 0. The van der Waals surface area contributed by atoms with Crippen molar-refractivity contribution in [1.82, 2.24) is 0 Å². The van der Waals surface area contributed by atoms with Gasteiger partial charge in [-0.25, -0.2) is 0 Å². The first-order chi connectivity index (χ1) is 6.34. The lowest BCUT2D eigenvalue weighted by Gasteiger charge is -2.15. The van der Waals surface area contributed by atoms with Crippen LogP contribution in [0.15, 0.2) is 11.6 Å². The molecule has 80 valence electrons. The van der Waals surface area contributed by atoms with Gasteiger partial charge in [0.1, 0.15) is 0 Å². The second kappa shape index (κ2) is 5.58. The highest BCUT2D eigenvalue weighted by atomic mass is 16.4. The van der Waals surface area contributed by atoms with E-state index in [2.05, 4.69) is 0 Å². The molecule has 0 aromatic heterocycles. The number of hydrogen-bond donors (Lipinski definition) is 1. The second-order valence-corrected chi connectivity index (χ2v) is 4.07. The molecular formula is C11H18O3. The van der Waals surface area contributed by atoms with E-state index >= 15 is 0 Å². The van der Waals surface area contributed by atoms with Crippen molar-refractivity contribution < 1.29 is 14.7 Å². The molecule has 0 fully saturated rings. The van der Waals surface area contributed by atoms with Crippen LogP contribution in [0, 0.1) is 11.8 Å². The first kappa shape index (κ1) is 12.9. The number of hydrogen-bond acceptors (Lipinski definition) is 2. The first-order valence-corrected chi connectivity index (χ1v) is 4.75. The van der Waals surface area contributed by atoms with Crippen molar-refractivity contribution in [3.63, 3.8) is 0 Å². The van der Waals surface area contributed by atoms with E-state index < -0.39 is 11.9 Å². The largest absolute Gasteiger partial charge is 0.481 e. The molecule has 0 heterocycles. The Kier molecular flexibility index (Phi) is 5.13. The first-order valence-electron chi connectivity index (χ1n) is 4.75. The molecule has 14 heavy (non-hydrogen) atoms. The van der Waals surface area contributed by atoms with Gasteiger partial charge in [-0.2, -0.15) is 0 Å². The van der Waals surface area contributed by atoms with E-state index in [0.717, 1.165) is 5.57 Å². The Balaban J connectivity index is 4.58. The van der Waals surface area contributed by atoms with Gasteiger partial charge in [-0.1, -0.05) is 19.4 Å². The van der Waals surface area contributed by atoms with Gasteiger partial charge < -0.3 is 5.11 Å². The SMILES string of the molecule is CC(C)=CC(=O)C(CC(=O)O)C(C)C. The lowest BCUT2D eigenvalue weighted by molar-refractivity contribution is -0.140. The molecule has 0 saturated heterocycles. The van der Waals surface area contributed by atoms with E-state index in [4.69, 9.17) is 5.11 Å². The third kappa shape index (κ3) is 4.80. The lowest BCUT2D eigenvalue weighted by Crippen LogP contribution is -2.22. The van der Waals surface area contributed by atoms with E-state index in [9.17, 15) is 9.59 Å². The van der Waals surface area contributed by atoms with Crippen molar-refractivity contribution in [2.45, 2.75) is 34.1 Å². The van der Waals surface area contributed by atoms with Crippen LogP contribution in [0.1, 0.15) is 34.1 Å². The van der Waals surface area contributed by atoms with Crippen molar-refractivity contribution in [3.8, 4) is 0 Å². The standard InChI is InChI=1S/C11H18O3/c1-7(2)5-10(12)9(8(3)4)6-11(13)14/h5,8-9H,6H2,1-4H3,(H,13,14). The zero-order valence-corrected chi connectivity index (χ0v) is 9.20. The van der Waals surface area contributed by atoms with Gasteiger partial charge in [0.25, 0.3) is 0 Å². The molecule has 1 unspecified atom stereocenters. The molecule has 0 saturated carbocycles. The molecular weight excluding hydrogens is 180 g/mol. The topological polar surface area (TPSA) is 54.4 Å². The van der Waals surface area contributed by atoms with Crippen LogP contribution in [0.5, 0.6) is 0 Å². The number of allylic oxidation sites excluding steroid dienone is 2. The zero-order valence-electron chi connectivity index (χ0n) is 9.20. The fourth-order valence-corrected chi connectivity index (χ4v) is 1.24. The molecule has 0 rings (SSSR count). The number of ketones is 1. The van der Waals surface area contributed by atoms with Gasteiger partial charge in [-0.15, -0.1) is 0 Å². The summed E-state index contributed by atoms with van der Waals surface area (Å²) in [5, 5.41) is 8.64. The van der Waals surface area contributed by atoms with E-state index in [1.165, 1.54) is 6.08 Å². The maximum absolute atomic E-state index is 11.6. The van der Waals surface area contributed by atoms with Crippen molar-refractivity contribution in [3.05, 3.63) is 11.6 Å². The minimum absolute atomic E-state index is 0.0641. The van der Waals surface area contributed by atoms with Crippen molar-refractivity contribution >= 4 is 11.8 Å². The van der Waals surface area contributed by atoms with E-state index in [1.54, 1.807) is 0 Å². The number of rotatable bonds is 5. The molecule has 0 aliphatic rings. The smallest absolute Gasteiger partial charge is 0.304 e. The summed E-state index contributed by atoms with van der Waals surface area (Å²) in [5.74, 6) is -1.33. The Bertz CT molecular complexity index is 247. The summed E-state index contributed by atoms with van der Waals surface area (Å²) in [6, 6.07) is 0. The second-order valence-electron chi connectivity index (χ2n) is 4.07.